The van der Waals surface area contributed by atoms with Crippen LogP contribution in [0.2, 0.25) is 0 Å². The molecular formula is C65H73N13O7. The molecule has 8 bridgehead atoms. The monoisotopic (exact) mass is 1150 g/mol. The molecule has 85 heavy (non-hydrogen) atoms. The van der Waals surface area contributed by atoms with E-state index in [-0.39, 0.29) is 53.6 Å². The SMILES string of the molecule is C=CC1=C(C)C2=NC1=CC1=NC(=CC3=C(C)C4=C(O)CC(=C5NC(=C2)[C@@H](C)[C@@H]5CCC(=O)NCCCCC(NC(=O)CCCN(C)c2ccc(N=Nc5cc(C)c(N=Nc6ccc(C)cc6[N+](=O)[O-])cc5OC)cc2)C(N)=O)C4=N3)C(CC)=C1C. The summed E-state index contributed by atoms with van der Waals surface area (Å²) in [5.74, 6) is -0.417. The van der Waals surface area contributed by atoms with Gasteiger partial charge in [0.15, 0.2) is 5.69 Å². The van der Waals surface area contributed by atoms with E-state index in [2.05, 4.69) is 76.8 Å². The van der Waals surface area contributed by atoms with Crippen molar-refractivity contribution in [2.45, 2.75) is 112 Å². The number of amides is 3. The summed E-state index contributed by atoms with van der Waals surface area (Å²) in [5, 5.41) is 49.9. The van der Waals surface area contributed by atoms with Gasteiger partial charge >= 0.3 is 0 Å². The van der Waals surface area contributed by atoms with Crippen LogP contribution in [0.1, 0.15) is 104 Å². The highest BCUT2D eigenvalue weighted by Gasteiger charge is 2.41. The zero-order valence-electron chi connectivity index (χ0n) is 49.7. The normalized spacial score (nSPS) is 18.4. The number of primary amides is 1. The second kappa shape index (κ2) is 26.0. The van der Waals surface area contributed by atoms with Crippen molar-refractivity contribution < 1.29 is 29.2 Å². The van der Waals surface area contributed by atoms with Gasteiger partial charge in [-0.25, -0.2) is 15.0 Å². The Kier molecular flexibility index (Phi) is 18.4. The first-order valence-corrected chi connectivity index (χ1v) is 28.8. The van der Waals surface area contributed by atoms with Crippen LogP contribution in [0.15, 0.2) is 194 Å². The van der Waals surface area contributed by atoms with Crippen molar-refractivity contribution >= 4 is 69.0 Å². The van der Waals surface area contributed by atoms with Crippen molar-refractivity contribution in [3.05, 3.63) is 180 Å². The number of benzene rings is 3. The van der Waals surface area contributed by atoms with E-state index in [9.17, 15) is 29.6 Å². The molecule has 5 aliphatic heterocycles. The summed E-state index contributed by atoms with van der Waals surface area (Å²) < 4.78 is 5.56. The van der Waals surface area contributed by atoms with Crippen molar-refractivity contribution in [3.8, 4) is 5.75 Å². The fourth-order valence-electron chi connectivity index (χ4n) is 11.5. The second-order valence-corrected chi connectivity index (χ2v) is 22.1. The number of aliphatic hydroxyl groups is 1. The Morgan fingerprint density at radius 3 is 2.34 bits per heavy atom. The number of unbranched alkanes of at least 4 members (excludes halogenated alkanes) is 1. The van der Waals surface area contributed by atoms with Crippen molar-refractivity contribution in [1.82, 2.24) is 16.0 Å². The molecule has 3 aromatic rings. The van der Waals surface area contributed by atoms with Crippen molar-refractivity contribution in [1.29, 1.82) is 0 Å². The summed E-state index contributed by atoms with van der Waals surface area (Å²) in [5.41, 5.74) is 23.2. The number of aryl methyl sites for hydroxylation is 2. The number of azo groups is 2. The van der Waals surface area contributed by atoms with Gasteiger partial charge in [-0.2, -0.15) is 5.11 Å². The van der Waals surface area contributed by atoms with Crippen LogP contribution in [-0.4, -0.2) is 78.2 Å². The van der Waals surface area contributed by atoms with E-state index in [0.29, 0.717) is 80.0 Å². The number of anilines is 1. The van der Waals surface area contributed by atoms with Gasteiger partial charge in [0.2, 0.25) is 17.7 Å². The number of allylic oxidation sites excluding steroid dienone is 12. The number of nitrogens with two attached hydrogens (primary N) is 1. The molecule has 3 atom stereocenters. The van der Waals surface area contributed by atoms with Crippen LogP contribution in [0.4, 0.5) is 34.1 Å². The van der Waals surface area contributed by atoms with Crippen LogP contribution < -0.4 is 31.3 Å². The molecule has 0 spiro atoms. The van der Waals surface area contributed by atoms with Crippen molar-refractivity contribution in [2.75, 3.05) is 32.1 Å². The number of hydrogen-bond donors (Lipinski definition) is 5. The van der Waals surface area contributed by atoms with Gasteiger partial charge in [0.25, 0.3) is 5.69 Å². The number of nitrogens with one attached hydrogen (secondary N) is 3. The predicted molar refractivity (Wildman–Crippen MR) is 332 cm³/mol. The number of carbonyl (C=O) groups excluding carboxylic acids is 3. The zero-order valence-corrected chi connectivity index (χ0v) is 49.7. The number of nitro benzene ring substituents is 1. The van der Waals surface area contributed by atoms with E-state index in [1.54, 1.807) is 31.2 Å². The number of carbonyl (C=O) groups is 3. The van der Waals surface area contributed by atoms with Gasteiger partial charge in [0.05, 0.1) is 57.6 Å². The molecule has 20 nitrogen and oxygen atoms in total. The van der Waals surface area contributed by atoms with Gasteiger partial charge in [-0.15, -0.1) is 15.3 Å². The summed E-state index contributed by atoms with van der Waals surface area (Å²) in [4.78, 5) is 67.5. The maximum Gasteiger partial charge on any atom is 0.296 e. The maximum atomic E-state index is 13.5. The minimum Gasteiger partial charge on any atom is -0.511 e. The molecule has 0 saturated carbocycles. The Balaban J connectivity index is 0.743. The molecule has 0 radical (unpaired) electrons. The third-order valence-electron chi connectivity index (χ3n) is 16.5. The lowest BCUT2D eigenvalue weighted by Gasteiger charge is -2.20. The number of methoxy groups -OCH3 is 1. The molecule has 5 heterocycles. The quantitative estimate of drug-likeness (QED) is 0.0261. The number of ether oxygens (including phenoxy) is 1. The number of fused-ring (bicyclic) bond motifs is 5. The lowest BCUT2D eigenvalue weighted by atomic mass is 9.86. The molecule has 1 aliphatic carbocycles. The smallest absolute Gasteiger partial charge is 0.296 e. The molecule has 3 amide bonds. The van der Waals surface area contributed by atoms with Gasteiger partial charge in [-0.3, -0.25) is 24.5 Å². The first-order chi connectivity index (χ1) is 40.8. The minimum absolute atomic E-state index is 0.0162. The second-order valence-electron chi connectivity index (χ2n) is 22.1. The Morgan fingerprint density at radius 1 is 0.894 bits per heavy atom. The molecule has 9 rings (SSSR count). The summed E-state index contributed by atoms with van der Waals surface area (Å²) in [7, 11) is 3.42. The van der Waals surface area contributed by atoms with Crippen LogP contribution >= 0.6 is 0 Å². The van der Waals surface area contributed by atoms with E-state index in [1.807, 2.05) is 68.3 Å². The molecule has 1 fully saturated rings. The average molecular weight is 1150 g/mol. The topological polar surface area (TPSA) is 276 Å². The number of rotatable bonds is 23. The molecule has 0 aromatic heterocycles. The number of aliphatic imine (C=N–C) groups is 3. The Hall–Kier alpha value is -9.46. The zero-order chi connectivity index (χ0) is 60.8. The fourth-order valence-corrected chi connectivity index (χ4v) is 11.5. The molecule has 1 saturated heterocycles. The van der Waals surface area contributed by atoms with Gasteiger partial charge in [-0.1, -0.05) is 32.6 Å². The van der Waals surface area contributed by atoms with Crippen molar-refractivity contribution in [2.24, 2.45) is 53.0 Å². The Morgan fingerprint density at radius 2 is 1.62 bits per heavy atom. The molecule has 6 N–H and O–H groups in total. The van der Waals surface area contributed by atoms with E-state index < -0.39 is 16.9 Å². The molecule has 20 heteroatoms. The van der Waals surface area contributed by atoms with E-state index in [0.717, 1.165) is 102 Å². The number of aliphatic hydroxyl groups excluding tert-OH is 1. The Bertz CT molecular complexity index is 3730. The highest BCUT2D eigenvalue weighted by Crippen LogP contribution is 2.47. The van der Waals surface area contributed by atoms with Gasteiger partial charge in [0.1, 0.15) is 23.2 Å². The highest BCUT2D eigenvalue weighted by molar-refractivity contribution is 6.21. The summed E-state index contributed by atoms with van der Waals surface area (Å²) >= 11 is 0. The van der Waals surface area contributed by atoms with Crippen molar-refractivity contribution in [3.63, 3.8) is 0 Å². The standard InChI is InChI=1S/C65H73N13O7/c1-11-43-37(5)50-31-52-39(7)45(63(71-52)46-30-58(79)62-40(8)53(72-64(46)62)33-55-44(12-2)38(6)51(69-55)32-54(43)68-50)23-25-60(80)67-26-14-13-16-48(65(66)82)70-61(81)17-15-27-77(9)42-21-19-41(20-22-42)73-76-56-29-36(4)49(34-59(56)85-10)75-74-47-24-18-35(3)28-57(47)78(83)84/h11,18-22,24,28-29,31-34,39,45,48,71,79H,1,12-17,23,25-27,30H2,2-10H3,(H2,66,82)(H,67,80)(H,70,81)/t39-,45-,48?/m0/s1. The first-order valence-electron chi connectivity index (χ1n) is 28.8. The van der Waals surface area contributed by atoms with Gasteiger partial charge in [0, 0.05) is 97.2 Å². The van der Waals surface area contributed by atoms with Crippen LogP contribution in [-0.2, 0) is 14.4 Å². The summed E-state index contributed by atoms with van der Waals surface area (Å²) in [6.07, 6.45) is 12.1. The van der Waals surface area contributed by atoms with Gasteiger partial charge in [-0.05, 0) is 161 Å². The lowest BCUT2D eigenvalue weighted by molar-refractivity contribution is -0.384. The largest absolute Gasteiger partial charge is 0.511 e. The van der Waals surface area contributed by atoms with Crippen LogP contribution in [0.25, 0.3) is 0 Å². The maximum absolute atomic E-state index is 13.5. The third-order valence-corrected chi connectivity index (χ3v) is 16.5. The number of nitrogens with zero attached hydrogens (tertiary/aromatic N) is 9. The van der Waals surface area contributed by atoms with Gasteiger partial charge < -0.3 is 36.4 Å². The molecular weight excluding hydrogens is 1070 g/mol. The highest BCUT2D eigenvalue weighted by atomic mass is 16.6. The molecule has 6 aliphatic rings. The minimum atomic E-state index is -0.844. The third kappa shape index (κ3) is 13.2. The van der Waals surface area contributed by atoms with E-state index in [1.165, 1.54) is 13.2 Å². The van der Waals surface area contributed by atoms with Crippen LogP contribution in [0.3, 0.4) is 0 Å². The van der Waals surface area contributed by atoms with Crippen LogP contribution in [0.5, 0.6) is 5.75 Å². The average Bonchev–Trinajstić information content (AvgIpc) is 1.68. The molecule has 440 valence electrons. The number of hydrogen-bond acceptors (Lipinski definition) is 16. The first kappa shape index (κ1) is 60.1. The summed E-state index contributed by atoms with van der Waals surface area (Å²) in [6, 6.07) is 14.8. The Labute approximate surface area is 495 Å². The van der Waals surface area contributed by atoms with E-state index >= 15 is 0 Å². The molecule has 3 aromatic carbocycles. The van der Waals surface area contributed by atoms with E-state index in [4.69, 9.17) is 25.4 Å². The predicted octanol–water partition coefficient (Wildman–Crippen LogP) is 13.2. The summed E-state index contributed by atoms with van der Waals surface area (Å²) in [6.45, 7) is 19.1. The molecule has 1 unspecified atom stereocenters. The lowest BCUT2D eigenvalue weighted by Crippen LogP contribution is -2.44. The fraction of sp³-hybridized carbons (Fsp3) is 0.354. The number of nitro groups is 1. The van der Waals surface area contributed by atoms with Crippen LogP contribution in [0, 0.1) is 35.8 Å².